The van der Waals surface area contributed by atoms with Gasteiger partial charge in [0.25, 0.3) is 5.91 Å². The third-order valence-corrected chi connectivity index (χ3v) is 3.50. The van der Waals surface area contributed by atoms with Crippen molar-refractivity contribution in [3.63, 3.8) is 0 Å². The van der Waals surface area contributed by atoms with E-state index in [0.29, 0.717) is 17.3 Å². The summed E-state index contributed by atoms with van der Waals surface area (Å²) in [6.45, 7) is 5.04. The Morgan fingerprint density at radius 2 is 2.10 bits per heavy atom. The molecule has 0 atom stereocenters. The molecule has 0 aliphatic carbocycles. The van der Waals surface area contributed by atoms with Gasteiger partial charge >= 0.3 is 0 Å². The molecule has 5 nitrogen and oxygen atoms in total. The molecule has 0 spiro atoms. The number of carbonyl (C=O) groups is 1. The van der Waals surface area contributed by atoms with E-state index in [1.807, 2.05) is 0 Å². The van der Waals surface area contributed by atoms with Gasteiger partial charge in [-0.2, -0.15) is 0 Å². The first-order valence-corrected chi connectivity index (χ1v) is 7.57. The van der Waals surface area contributed by atoms with Crippen LogP contribution < -0.4 is 10.1 Å². The monoisotopic (exact) mass is 312 g/mol. The zero-order chi connectivity index (χ0) is 14.9. The fraction of sp³-hybridized carbons (Fsp3) is 0.533. The summed E-state index contributed by atoms with van der Waals surface area (Å²) in [5.74, 6) is 0.523. The van der Waals surface area contributed by atoms with E-state index in [1.54, 1.807) is 24.3 Å². The molecule has 1 N–H and O–H groups in total. The average molecular weight is 313 g/mol. The second kappa shape index (κ2) is 8.87. The number of amides is 1. The van der Waals surface area contributed by atoms with Crippen LogP contribution in [0.2, 0.25) is 5.02 Å². The van der Waals surface area contributed by atoms with Crippen LogP contribution in [-0.2, 0) is 9.53 Å². The average Bonchev–Trinajstić information content (AvgIpc) is 2.75. The Morgan fingerprint density at radius 3 is 2.90 bits per heavy atom. The summed E-state index contributed by atoms with van der Waals surface area (Å²) in [5.41, 5.74) is 0. The number of ether oxygens (including phenoxy) is 2. The Labute approximate surface area is 130 Å². The summed E-state index contributed by atoms with van der Waals surface area (Å²) < 4.78 is 10.8. The third kappa shape index (κ3) is 6.33. The molecule has 1 amide bonds. The van der Waals surface area contributed by atoms with Crippen LogP contribution >= 0.6 is 11.6 Å². The number of hydrogen-bond acceptors (Lipinski definition) is 4. The number of halogens is 1. The van der Waals surface area contributed by atoms with Gasteiger partial charge in [-0.15, -0.1) is 0 Å². The van der Waals surface area contributed by atoms with E-state index in [4.69, 9.17) is 21.1 Å². The first-order valence-electron chi connectivity index (χ1n) is 7.19. The first kappa shape index (κ1) is 16.1. The highest BCUT2D eigenvalue weighted by molar-refractivity contribution is 6.30. The highest BCUT2D eigenvalue weighted by Gasteiger charge is 2.09. The molecule has 1 aliphatic heterocycles. The molecule has 0 unspecified atom stereocenters. The Morgan fingerprint density at radius 1 is 1.29 bits per heavy atom. The molecular formula is C15H21ClN2O3. The van der Waals surface area contributed by atoms with Crippen molar-refractivity contribution in [1.82, 2.24) is 10.2 Å². The summed E-state index contributed by atoms with van der Waals surface area (Å²) >= 11 is 5.78. The molecule has 1 heterocycles. The molecular weight excluding hydrogens is 292 g/mol. The molecule has 1 aliphatic rings. The summed E-state index contributed by atoms with van der Waals surface area (Å²) in [6, 6.07) is 6.95. The molecule has 116 valence electrons. The van der Waals surface area contributed by atoms with E-state index in [1.165, 1.54) is 0 Å². The number of carbonyl (C=O) groups excluding carboxylic acids is 1. The van der Waals surface area contributed by atoms with E-state index >= 15 is 0 Å². The van der Waals surface area contributed by atoms with Crippen molar-refractivity contribution in [1.29, 1.82) is 0 Å². The molecule has 1 fully saturated rings. The van der Waals surface area contributed by atoms with Gasteiger partial charge in [-0.3, -0.25) is 9.69 Å². The van der Waals surface area contributed by atoms with Gasteiger partial charge in [0.05, 0.1) is 6.61 Å². The van der Waals surface area contributed by atoms with E-state index in [2.05, 4.69) is 10.2 Å². The minimum Gasteiger partial charge on any atom is -0.484 e. The predicted molar refractivity (Wildman–Crippen MR) is 81.8 cm³/mol. The molecule has 2 rings (SSSR count). The minimum absolute atomic E-state index is 0.0186. The van der Waals surface area contributed by atoms with Crippen LogP contribution in [0.4, 0.5) is 0 Å². The van der Waals surface area contributed by atoms with E-state index in [9.17, 15) is 4.79 Å². The summed E-state index contributed by atoms with van der Waals surface area (Å²) in [5, 5.41) is 3.51. The standard InChI is InChI=1S/C15H21ClN2O3/c16-13-2-4-14(5-3-13)21-12-15(19)17-6-8-18-7-1-10-20-11-9-18/h2-5H,1,6-12H2,(H,17,19). The number of nitrogens with zero attached hydrogens (tertiary/aromatic N) is 1. The lowest BCUT2D eigenvalue weighted by atomic mass is 10.3. The van der Waals surface area contributed by atoms with Crippen molar-refractivity contribution in [3.8, 4) is 5.75 Å². The van der Waals surface area contributed by atoms with E-state index in [-0.39, 0.29) is 12.5 Å². The van der Waals surface area contributed by atoms with Gasteiger partial charge in [-0.05, 0) is 30.7 Å². The van der Waals surface area contributed by atoms with Crippen LogP contribution in [0.5, 0.6) is 5.75 Å². The van der Waals surface area contributed by atoms with Gasteiger partial charge in [0, 0.05) is 37.8 Å². The fourth-order valence-corrected chi connectivity index (χ4v) is 2.23. The van der Waals surface area contributed by atoms with Crippen LogP contribution in [0.25, 0.3) is 0 Å². The maximum atomic E-state index is 11.7. The van der Waals surface area contributed by atoms with Gasteiger partial charge in [0.15, 0.2) is 6.61 Å². The van der Waals surface area contributed by atoms with Crippen molar-refractivity contribution < 1.29 is 14.3 Å². The van der Waals surface area contributed by atoms with Gasteiger partial charge in [-0.1, -0.05) is 11.6 Å². The maximum absolute atomic E-state index is 11.7. The molecule has 6 heteroatoms. The van der Waals surface area contributed by atoms with Gasteiger partial charge < -0.3 is 14.8 Å². The number of nitrogens with one attached hydrogen (secondary N) is 1. The molecule has 1 aromatic carbocycles. The van der Waals surface area contributed by atoms with Crippen LogP contribution in [0.1, 0.15) is 6.42 Å². The highest BCUT2D eigenvalue weighted by Crippen LogP contribution is 2.15. The lowest BCUT2D eigenvalue weighted by Crippen LogP contribution is -2.37. The van der Waals surface area contributed by atoms with Crippen LogP contribution in [0.3, 0.4) is 0 Å². The van der Waals surface area contributed by atoms with E-state index in [0.717, 1.165) is 39.3 Å². The molecule has 1 saturated heterocycles. The van der Waals surface area contributed by atoms with Crippen LogP contribution in [-0.4, -0.2) is 56.8 Å². The van der Waals surface area contributed by atoms with Gasteiger partial charge in [0.1, 0.15) is 5.75 Å². The largest absolute Gasteiger partial charge is 0.484 e. The predicted octanol–water partition coefficient (Wildman–Crippen LogP) is 1.56. The normalized spacial score (nSPS) is 16.2. The van der Waals surface area contributed by atoms with Crippen molar-refractivity contribution in [2.45, 2.75) is 6.42 Å². The van der Waals surface area contributed by atoms with E-state index < -0.39 is 0 Å². The highest BCUT2D eigenvalue weighted by atomic mass is 35.5. The summed E-state index contributed by atoms with van der Waals surface area (Å²) in [6.07, 6.45) is 1.05. The van der Waals surface area contributed by atoms with Crippen molar-refractivity contribution in [2.75, 3.05) is 46.0 Å². The smallest absolute Gasteiger partial charge is 0.257 e. The topological polar surface area (TPSA) is 50.8 Å². The van der Waals surface area contributed by atoms with Crippen molar-refractivity contribution in [2.24, 2.45) is 0 Å². The van der Waals surface area contributed by atoms with Gasteiger partial charge in [-0.25, -0.2) is 0 Å². The summed E-state index contributed by atoms with van der Waals surface area (Å²) in [7, 11) is 0. The molecule has 0 aromatic heterocycles. The first-order chi connectivity index (χ1) is 10.2. The van der Waals surface area contributed by atoms with Gasteiger partial charge in [0.2, 0.25) is 0 Å². The third-order valence-electron chi connectivity index (χ3n) is 3.25. The van der Waals surface area contributed by atoms with Crippen molar-refractivity contribution in [3.05, 3.63) is 29.3 Å². The minimum atomic E-state index is -0.115. The Bertz CT molecular complexity index is 431. The zero-order valence-electron chi connectivity index (χ0n) is 12.0. The molecule has 0 saturated carbocycles. The second-order valence-corrected chi connectivity index (χ2v) is 5.34. The Kier molecular flexibility index (Phi) is 6.79. The maximum Gasteiger partial charge on any atom is 0.257 e. The number of benzene rings is 1. The number of rotatable bonds is 6. The summed E-state index contributed by atoms with van der Waals surface area (Å²) in [4.78, 5) is 14.0. The fourth-order valence-electron chi connectivity index (χ4n) is 2.11. The second-order valence-electron chi connectivity index (χ2n) is 4.90. The zero-order valence-corrected chi connectivity index (χ0v) is 12.8. The molecule has 1 aromatic rings. The lowest BCUT2D eigenvalue weighted by Gasteiger charge is -2.19. The van der Waals surface area contributed by atoms with Crippen LogP contribution in [0, 0.1) is 0 Å². The Hall–Kier alpha value is -1.30. The SMILES string of the molecule is O=C(COc1ccc(Cl)cc1)NCCN1CCCOCC1. The lowest BCUT2D eigenvalue weighted by molar-refractivity contribution is -0.123. The van der Waals surface area contributed by atoms with Crippen molar-refractivity contribution >= 4 is 17.5 Å². The Balaban J connectivity index is 1.59. The molecule has 21 heavy (non-hydrogen) atoms. The molecule has 0 radical (unpaired) electrons. The van der Waals surface area contributed by atoms with Crippen LogP contribution in [0.15, 0.2) is 24.3 Å². The quantitative estimate of drug-likeness (QED) is 0.866. The number of hydrogen-bond donors (Lipinski definition) is 1. The molecule has 0 bridgehead atoms.